The van der Waals surface area contributed by atoms with Gasteiger partial charge in [0.05, 0.1) is 5.92 Å². The van der Waals surface area contributed by atoms with Crippen molar-refractivity contribution in [2.75, 3.05) is 6.61 Å². The second-order valence-electron chi connectivity index (χ2n) is 3.87. The lowest BCUT2D eigenvalue weighted by Crippen LogP contribution is -2.25. The molecule has 1 saturated heterocycles. The fourth-order valence-electron chi connectivity index (χ4n) is 1.90. The van der Waals surface area contributed by atoms with Crippen molar-refractivity contribution in [3.8, 4) is 0 Å². The van der Waals surface area contributed by atoms with Gasteiger partial charge in [-0.2, -0.15) is 0 Å². The van der Waals surface area contributed by atoms with E-state index in [4.69, 9.17) is 9.84 Å². The standard InChI is InChI=1S/C12H12O4/c13-11(14)10-7-16-12(15)9(10)6-8-4-2-1-3-5-8/h1-5,9-10H,6-7H2,(H,13,14)/t9-,10-/m0/s1. The maximum absolute atomic E-state index is 11.4. The van der Waals surface area contributed by atoms with Crippen LogP contribution in [0.1, 0.15) is 5.56 Å². The van der Waals surface area contributed by atoms with Gasteiger partial charge in [0, 0.05) is 0 Å². The van der Waals surface area contributed by atoms with E-state index < -0.39 is 23.8 Å². The summed E-state index contributed by atoms with van der Waals surface area (Å²) in [6.45, 7) is -0.00827. The number of esters is 1. The fourth-order valence-corrected chi connectivity index (χ4v) is 1.90. The van der Waals surface area contributed by atoms with Crippen LogP contribution in [0.25, 0.3) is 0 Å². The number of carbonyl (C=O) groups excluding carboxylic acids is 1. The summed E-state index contributed by atoms with van der Waals surface area (Å²) in [7, 11) is 0. The second-order valence-corrected chi connectivity index (χ2v) is 3.87. The van der Waals surface area contributed by atoms with E-state index in [2.05, 4.69) is 0 Å². The van der Waals surface area contributed by atoms with E-state index in [0.717, 1.165) is 5.56 Å². The molecule has 0 saturated carbocycles. The molecule has 2 rings (SSSR count). The van der Waals surface area contributed by atoms with Gasteiger partial charge in [0.1, 0.15) is 12.5 Å². The Kier molecular flexibility index (Phi) is 2.90. The van der Waals surface area contributed by atoms with E-state index in [-0.39, 0.29) is 6.61 Å². The van der Waals surface area contributed by atoms with Crippen molar-refractivity contribution in [2.24, 2.45) is 11.8 Å². The summed E-state index contributed by atoms with van der Waals surface area (Å²) in [5, 5.41) is 8.95. The molecule has 4 heteroatoms. The molecule has 0 unspecified atom stereocenters. The monoisotopic (exact) mass is 220 g/mol. The van der Waals surface area contributed by atoms with Crippen LogP contribution >= 0.6 is 0 Å². The minimum Gasteiger partial charge on any atom is -0.481 e. The molecular formula is C12H12O4. The minimum atomic E-state index is -0.966. The van der Waals surface area contributed by atoms with Gasteiger partial charge in [-0.05, 0) is 12.0 Å². The highest BCUT2D eigenvalue weighted by molar-refractivity contribution is 5.84. The first kappa shape index (κ1) is 10.7. The zero-order chi connectivity index (χ0) is 11.5. The van der Waals surface area contributed by atoms with Crippen LogP contribution in [-0.4, -0.2) is 23.7 Å². The van der Waals surface area contributed by atoms with Crippen molar-refractivity contribution in [1.29, 1.82) is 0 Å². The third-order valence-corrected chi connectivity index (χ3v) is 2.81. The van der Waals surface area contributed by atoms with Crippen molar-refractivity contribution in [3.63, 3.8) is 0 Å². The Labute approximate surface area is 92.8 Å². The fraction of sp³-hybridized carbons (Fsp3) is 0.333. The summed E-state index contributed by atoms with van der Waals surface area (Å²) in [6.07, 6.45) is 0.427. The average Bonchev–Trinajstić information content (AvgIpc) is 2.62. The van der Waals surface area contributed by atoms with Crippen LogP contribution in [0.5, 0.6) is 0 Å². The Morgan fingerprint density at radius 1 is 1.38 bits per heavy atom. The van der Waals surface area contributed by atoms with Gasteiger partial charge in [-0.15, -0.1) is 0 Å². The summed E-state index contributed by atoms with van der Waals surface area (Å²) in [5.41, 5.74) is 0.956. The molecule has 0 radical (unpaired) electrons. The molecule has 4 nitrogen and oxygen atoms in total. The molecule has 0 aromatic heterocycles. The Balaban J connectivity index is 2.13. The summed E-state index contributed by atoms with van der Waals surface area (Å²) < 4.78 is 4.79. The predicted octanol–water partition coefficient (Wildman–Crippen LogP) is 1.10. The molecule has 0 amide bonds. The SMILES string of the molecule is O=C(O)[C@H]1COC(=O)[C@H]1Cc1ccccc1. The number of aliphatic carboxylic acids is 1. The number of ether oxygens (including phenoxy) is 1. The molecule has 1 aliphatic rings. The largest absolute Gasteiger partial charge is 0.481 e. The molecule has 1 aromatic rings. The normalized spacial score (nSPS) is 24.1. The van der Waals surface area contributed by atoms with Crippen LogP contribution in [0.4, 0.5) is 0 Å². The van der Waals surface area contributed by atoms with Gasteiger partial charge >= 0.3 is 11.9 Å². The second kappa shape index (κ2) is 4.35. The highest BCUT2D eigenvalue weighted by atomic mass is 16.5. The lowest BCUT2D eigenvalue weighted by atomic mass is 9.89. The number of cyclic esters (lactones) is 1. The van der Waals surface area contributed by atoms with Crippen molar-refractivity contribution in [1.82, 2.24) is 0 Å². The van der Waals surface area contributed by atoms with Crippen molar-refractivity contribution >= 4 is 11.9 Å². The quantitative estimate of drug-likeness (QED) is 0.775. The van der Waals surface area contributed by atoms with E-state index in [9.17, 15) is 9.59 Å². The molecule has 2 atom stereocenters. The van der Waals surface area contributed by atoms with Crippen LogP contribution in [0.2, 0.25) is 0 Å². The Morgan fingerprint density at radius 2 is 2.06 bits per heavy atom. The molecule has 16 heavy (non-hydrogen) atoms. The summed E-state index contributed by atoms with van der Waals surface area (Å²) in [6, 6.07) is 9.37. The number of rotatable bonds is 3. The van der Waals surface area contributed by atoms with E-state index in [0.29, 0.717) is 6.42 Å². The topological polar surface area (TPSA) is 63.6 Å². The highest BCUT2D eigenvalue weighted by Gasteiger charge is 2.41. The first-order chi connectivity index (χ1) is 7.68. The minimum absolute atomic E-state index is 0.00827. The summed E-state index contributed by atoms with van der Waals surface area (Å²) >= 11 is 0. The van der Waals surface area contributed by atoms with E-state index >= 15 is 0 Å². The van der Waals surface area contributed by atoms with Crippen molar-refractivity contribution in [3.05, 3.63) is 35.9 Å². The number of hydrogen-bond donors (Lipinski definition) is 1. The van der Waals surface area contributed by atoms with Gasteiger partial charge in [-0.25, -0.2) is 0 Å². The maximum Gasteiger partial charge on any atom is 0.310 e. The third kappa shape index (κ3) is 2.05. The van der Waals surface area contributed by atoms with Crippen LogP contribution in [0.15, 0.2) is 30.3 Å². The van der Waals surface area contributed by atoms with Crippen LogP contribution < -0.4 is 0 Å². The zero-order valence-electron chi connectivity index (χ0n) is 8.63. The van der Waals surface area contributed by atoms with Gasteiger partial charge in [-0.3, -0.25) is 9.59 Å². The maximum atomic E-state index is 11.4. The van der Waals surface area contributed by atoms with E-state index in [1.54, 1.807) is 0 Å². The van der Waals surface area contributed by atoms with Gasteiger partial charge < -0.3 is 9.84 Å². The third-order valence-electron chi connectivity index (χ3n) is 2.81. The van der Waals surface area contributed by atoms with Crippen LogP contribution in [0, 0.1) is 11.8 Å². The van der Waals surface area contributed by atoms with E-state index in [1.165, 1.54) is 0 Å². The van der Waals surface area contributed by atoms with Gasteiger partial charge in [0.2, 0.25) is 0 Å². The molecule has 1 N–H and O–H groups in total. The number of benzene rings is 1. The molecule has 0 spiro atoms. The number of carboxylic acids is 1. The first-order valence-electron chi connectivity index (χ1n) is 5.12. The number of carboxylic acid groups (broad SMARTS) is 1. The summed E-state index contributed by atoms with van der Waals surface area (Å²) in [5.74, 6) is -2.64. The van der Waals surface area contributed by atoms with Crippen molar-refractivity contribution in [2.45, 2.75) is 6.42 Å². The molecule has 0 bridgehead atoms. The van der Waals surface area contributed by atoms with Crippen molar-refractivity contribution < 1.29 is 19.4 Å². The van der Waals surface area contributed by atoms with Gasteiger partial charge in [0.25, 0.3) is 0 Å². The molecule has 0 aliphatic carbocycles. The lowest BCUT2D eigenvalue weighted by Gasteiger charge is -2.10. The zero-order valence-corrected chi connectivity index (χ0v) is 8.63. The molecule has 84 valence electrons. The van der Waals surface area contributed by atoms with Gasteiger partial charge in [-0.1, -0.05) is 30.3 Å². The van der Waals surface area contributed by atoms with Crippen LogP contribution in [0.3, 0.4) is 0 Å². The Hall–Kier alpha value is -1.84. The smallest absolute Gasteiger partial charge is 0.310 e. The average molecular weight is 220 g/mol. The molecule has 1 heterocycles. The summed E-state index contributed by atoms with van der Waals surface area (Å²) in [4.78, 5) is 22.3. The molecule has 1 aromatic carbocycles. The van der Waals surface area contributed by atoms with Crippen LogP contribution in [-0.2, 0) is 20.7 Å². The Bertz CT molecular complexity index is 399. The van der Waals surface area contributed by atoms with E-state index in [1.807, 2.05) is 30.3 Å². The number of hydrogen-bond acceptors (Lipinski definition) is 3. The predicted molar refractivity (Wildman–Crippen MR) is 55.7 cm³/mol. The molecule has 1 aliphatic heterocycles. The van der Waals surface area contributed by atoms with Gasteiger partial charge in [0.15, 0.2) is 0 Å². The molecular weight excluding hydrogens is 208 g/mol. The Morgan fingerprint density at radius 3 is 2.69 bits per heavy atom. The number of carbonyl (C=O) groups is 2. The highest BCUT2D eigenvalue weighted by Crippen LogP contribution is 2.26. The first-order valence-corrected chi connectivity index (χ1v) is 5.12. The molecule has 1 fully saturated rings. The lowest BCUT2D eigenvalue weighted by molar-refractivity contribution is -0.144.